The second kappa shape index (κ2) is 9.47. The SMILES string of the molecule is CCOC(=O)C(C/C=C/C(F)(F)F)(C/C=C/C(F)(F)F)C(=O)OCC. The van der Waals surface area contributed by atoms with E-state index in [4.69, 9.17) is 0 Å². The van der Waals surface area contributed by atoms with E-state index in [0.717, 1.165) is 0 Å². The van der Waals surface area contributed by atoms with E-state index in [1.807, 2.05) is 0 Å². The Kier molecular flexibility index (Phi) is 8.72. The first kappa shape index (κ1) is 23.0. The number of carbonyl (C=O) groups is 2. The molecule has 0 N–H and O–H groups in total. The van der Waals surface area contributed by atoms with Gasteiger partial charge in [-0.05, 0) is 26.7 Å². The van der Waals surface area contributed by atoms with Crippen molar-refractivity contribution in [3.05, 3.63) is 24.3 Å². The molecule has 144 valence electrons. The highest BCUT2D eigenvalue weighted by Gasteiger charge is 2.47. The molecule has 0 aromatic carbocycles. The molecule has 10 heteroatoms. The van der Waals surface area contributed by atoms with Crippen LogP contribution in [0.1, 0.15) is 26.7 Å². The van der Waals surface area contributed by atoms with Crippen molar-refractivity contribution in [1.29, 1.82) is 0 Å². The Hall–Kier alpha value is -2.00. The summed E-state index contributed by atoms with van der Waals surface area (Å²) in [6.07, 6.45) is -10.5. The van der Waals surface area contributed by atoms with Gasteiger partial charge in [0.1, 0.15) is 0 Å². The monoisotopic (exact) mass is 376 g/mol. The van der Waals surface area contributed by atoms with E-state index >= 15 is 0 Å². The number of rotatable bonds is 8. The van der Waals surface area contributed by atoms with Crippen LogP contribution in [0.15, 0.2) is 24.3 Å². The van der Waals surface area contributed by atoms with Crippen molar-refractivity contribution < 1.29 is 45.4 Å². The molecular weight excluding hydrogens is 358 g/mol. The third kappa shape index (κ3) is 8.59. The third-order valence-corrected chi connectivity index (χ3v) is 2.88. The Balaban J connectivity index is 5.78. The molecule has 0 unspecified atom stereocenters. The standard InChI is InChI=1S/C15H18F6O4/c1-3-24-11(22)13(12(23)25-4-2,7-5-9-14(16,17)18)8-6-10-15(19,20)21/h5-6,9-10H,3-4,7-8H2,1-2H3/b9-5+,10-6+. The summed E-state index contributed by atoms with van der Waals surface area (Å²) in [7, 11) is 0. The number of ether oxygens (including phenoxy) is 2. The molecule has 0 amide bonds. The van der Waals surface area contributed by atoms with Gasteiger partial charge in [-0.15, -0.1) is 0 Å². The summed E-state index contributed by atoms with van der Waals surface area (Å²) in [5.41, 5.74) is -2.34. The van der Waals surface area contributed by atoms with E-state index in [0.29, 0.717) is 12.2 Å². The average molecular weight is 376 g/mol. The van der Waals surface area contributed by atoms with E-state index in [9.17, 15) is 35.9 Å². The molecule has 0 fully saturated rings. The zero-order valence-corrected chi connectivity index (χ0v) is 13.5. The van der Waals surface area contributed by atoms with Gasteiger partial charge >= 0.3 is 24.3 Å². The van der Waals surface area contributed by atoms with Crippen LogP contribution in [0.2, 0.25) is 0 Å². The molecule has 0 saturated heterocycles. The Labute approximate surface area is 140 Å². The fourth-order valence-corrected chi connectivity index (χ4v) is 1.83. The molecule has 0 aromatic rings. The molecule has 0 saturated carbocycles. The van der Waals surface area contributed by atoms with E-state index in [1.54, 1.807) is 0 Å². The van der Waals surface area contributed by atoms with E-state index in [-0.39, 0.29) is 25.4 Å². The molecule has 0 atom stereocenters. The molecule has 0 radical (unpaired) electrons. The summed E-state index contributed by atoms with van der Waals surface area (Å²) in [5.74, 6) is -2.51. The molecule has 0 aromatic heterocycles. The summed E-state index contributed by atoms with van der Waals surface area (Å²) >= 11 is 0. The number of hydrogen-bond acceptors (Lipinski definition) is 4. The van der Waals surface area contributed by atoms with Crippen LogP contribution in [-0.4, -0.2) is 37.5 Å². The smallest absolute Gasteiger partial charge is 0.409 e. The fourth-order valence-electron chi connectivity index (χ4n) is 1.83. The van der Waals surface area contributed by atoms with E-state index < -0.39 is 42.5 Å². The number of hydrogen-bond donors (Lipinski definition) is 0. The summed E-state index contributed by atoms with van der Waals surface area (Å²) in [6.45, 7) is 2.33. The molecule has 0 rings (SSSR count). The third-order valence-electron chi connectivity index (χ3n) is 2.88. The minimum absolute atomic E-state index is 0.215. The Bertz CT molecular complexity index is 459. The van der Waals surface area contributed by atoms with Crippen LogP contribution in [0.4, 0.5) is 26.3 Å². The second-order valence-electron chi connectivity index (χ2n) is 4.82. The molecule has 0 aliphatic heterocycles. The minimum Gasteiger partial charge on any atom is -0.465 e. The lowest BCUT2D eigenvalue weighted by atomic mass is 9.80. The van der Waals surface area contributed by atoms with Crippen molar-refractivity contribution in [2.24, 2.45) is 5.41 Å². The van der Waals surface area contributed by atoms with Crippen LogP contribution >= 0.6 is 0 Å². The van der Waals surface area contributed by atoms with Crippen molar-refractivity contribution in [1.82, 2.24) is 0 Å². The average Bonchev–Trinajstić information content (AvgIpc) is 2.43. The van der Waals surface area contributed by atoms with Crippen LogP contribution in [0.3, 0.4) is 0 Å². The van der Waals surface area contributed by atoms with Gasteiger partial charge in [-0.1, -0.05) is 12.2 Å². The van der Waals surface area contributed by atoms with Gasteiger partial charge in [0.2, 0.25) is 0 Å². The van der Waals surface area contributed by atoms with Gasteiger partial charge in [-0.3, -0.25) is 9.59 Å². The molecule has 0 aliphatic carbocycles. The first-order valence-corrected chi connectivity index (χ1v) is 7.21. The predicted molar refractivity (Wildman–Crippen MR) is 75.3 cm³/mol. The van der Waals surface area contributed by atoms with Gasteiger partial charge in [0.25, 0.3) is 0 Å². The molecule has 0 aliphatic rings. The lowest BCUT2D eigenvalue weighted by Gasteiger charge is -2.27. The number of esters is 2. The second-order valence-corrected chi connectivity index (χ2v) is 4.82. The van der Waals surface area contributed by atoms with Crippen LogP contribution in [0, 0.1) is 5.41 Å². The molecule has 25 heavy (non-hydrogen) atoms. The maximum Gasteiger partial charge on any atom is 0.409 e. The van der Waals surface area contributed by atoms with Crippen LogP contribution in [0.25, 0.3) is 0 Å². The largest absolute Gasteiger partial charge is 0.465 e. The highest BCUT2D eigenvalue weighted by Crippen LogP contribution is 2.33. The van der Waals surface area contributed by atoms with Crippen LogP contribution in [-0.2, 0) is 19.1 Å². The fraction of sp³-hybridized carbons (Fsp3) is 0.600. The van der Waals surface area contributed by atoms with Gasteiger partial charge < -0.3 is 9.47 Å². The van der Waals surface area contributed by atoms with Crippen molar-refractivity contribution >= 4 is 11.9 Å². The molecular formula is C15H18F6O4. The lowest BCUT2D eigenvalue weighted by Crippen LogP contribution is -2.41. The topological polar surface area (TPSA) is 52.6 Å². The number of allylic oxidation sites excluding steroid dienone is 4. The highest BCUT2D eigenvalue weighted by atomic mass is 19.4. The van der Waals surface area contributed by atoms with Gasteiger partial charge in [0, 0.05) is 12.2 Å². The minimum atomic E-state index is -4.71. The quantitative estimate of drug-likeness (QED) is 0.277. The molecule has 0 heterocycles. The maximum atomic E-state index is 12.3. The van der Waals surface area contributed by atoms with Crippen LogP contribution < -0.4 is 0 Å². The van der Waals surface area contributed by atoms with Crippen molar-refractivity contribution in [2.45, 2.75) is 39.0 Å². The van der Waals surface area contributed by atoms with Gasteiger partial charge in [0.15, 0.2) is 5.41 Å². The summed E-state index contributed by atoms with van der Waals surface area (Å²) in [6, 6.07) is 0. The Morgan fingerprint density at radius 3 is 1.32 bits per heavy atom. The normalized spacial score (nSPS) is 13.4. The zero-order valence-electron chi connectivity index (χ0n) is 13.5. The maximum absolute atomic E-state index is 12.3. The van der Waals surface area contributed by atoms with Crippen LogP contribution in [0.5, 0.6) is 0 Å². The van der Waals surface area contributed by atoms with Crippen molar-refractivity contribution in [2.75, 3.05) is 13.2 Å². The Morgan fingerprint density at radius 1 is 0.760 bits per heavy atom. The van der Waals surface area contributed by atoms with E-state index in [1.165, 1.54) is 13.8 Å². The lowest BCUT2D eigenvalue weighted by molar-refractivity contribution is -0.172. The number of halogens is 6. The highest BCUT2D eigenvalue weighted by molar-refractivity contribution is 6.00. The Morgan fingerprint density at radius 2 is 1.08 bits per heavy atom. The van der Waals surface area contributed by atoms with Gasteiger partial charge in [0.05, 0.1) is 13.2 Å². The summed E-state index contributed by atoms with van der Waals surface area (Å²) < 4.78 is 82.9. The first-order chi connectivity index (χ1) is 11.4. The number of alkyl halides is 6. The first-order valence-electron chi connectivity index (χ1n) is 7.21. The summed E-state index contributed by atoms with van der Waals surface area (Å²) in [4.78, 5) is 24.3. The van der Waals surface area contributed by atoms with Crippen molar-refractivity contribution in [3.63, 3.8) is 0 Å². The summed E-state index contributed by atoms with van der Waals surface area (Å²) in [5, 5.41) is 0. The number of carbonyl (C=O) groups excluding carboxylic acids is 2. The zero-order chi connectivity index (χ0) is 19.7. The van der Waals surface area contributed by atoms with Gasteiger partial charge in [-0.2, -0.15) is 26.3 Å². The molecule has 0 spiro atoms. The van der Waals surface area contributed by atoms with Crippen molar-refractivity contribution in [3.8, 4) is 0 Å². The van der Waals surface area contributed by atoms with E-state index in [2.05, 4.69) is 9.47 Å². The predicted octanol–water partition coefficient (Wildman–Crippen LogP) is 4.12. The molecule has 0 bridgehead atoms. The molecule has 4 nitrogen and oxygen atoms in total. The van der Waals surface area contributed by atoms with Gasteiger partial charge in [-0.25, -0.2) is 0 Å².